The van der Waals surface area contributed by atoms with Crippen molar-refractivity contribution >= 4 is 56.4 Å². The zero-order valence-electron chi connectivity index (χ0n) is 19.5. The fraction of sp³-hybridized carbons (Fsp3) is 0.190. The van der Waals surface area contributed by atoms with Crippen LogP contribution in [0.1, 0.15) is 13.8 Å². The van der Waals surface area contributed by atoms with Crippen LogP contribution in [0.4, 0.5) is 38.0 Å². The maximum atomic E-state index is 14.0. The number of sulfone groups is 1. The summed E-state index contributed by atoms with van der Waals surface area (Å²) in [6.45, 7) is 2.98. The number of primary amides is 1. The lowest BCUT2D eigenvalue weighted by Gasteiger charge is -2.16. The molecular weight excluding hydrogens is 535 g/mol. The van der Waals surface area contributed by atoms with Crippen LogP contribution in [-0.4, -0.2) is 41.8 Å². The van der Waals surface area contributed by atoms with Gasteiger partial charge in [-0.1, -0.05) is 11.6 Å². The third-order valence-electron chi connectivity index (χ3n) is 4.81. The lowest BCUT2D eigenvalue weighted by Crippen LogP contribution is -2.18. The second kappa shape index (κ2) is 10.8. The van der Waals surface area contributed by atoms with Gasteiger partial charge in [0.25, 0.3) is 0 Å². The Kier molecular flexibility index (Phi) is 7.98. The maximum absolute atomic E-state index is 14.0. The number of hydrogen-bond acceptors (Lipinski definition) is 11. The van der Waals surface area contributed by atoms with Crippen LogP contribution in [0, 0.1) is 15.9 Å². The summed E-state index contributed by atoms with van der Waals surface area (Å²) in [5.41, 5.74) is 4.18. The second-order valence-corrected chi connectivity index (χ2v) is 10.5. The van der Waals surface area contributed by atoms with Crippen molar-refractivity contribution in [3.63, 3.8) is 0 Å². The minimum Gasteiger partial charge on any atom is -0.494 e. The van der Waals surface area contributed by atoms with Crippen molar-refractivity contribution in [2.24, 2.45) is 5.73 Å². The highest BCUT2D eigenvalue weighted by atomic mass is 35.5. The average Bonchev–Trinajstić information content (AvgIpc) is 2.81. The first-order valence-electron chi connectivity index (χ1n) is 10.3. The summed E-state index contributed by atoms with van der Waals surface area (Å²) in [5.74, 6) is -1.46. The molecule has 13 nitrogen and oxygen atoms in total. The van der Waals surface area contributed by atoms with E-state index in [1.54, 1.807) is 0 Å². The van der Waals surface area contributed by atoms with Gasteiger partial charge in [-0.15, -0.1) is 0 Å². The number of methoxy groups -OCH3 is 1. The second-order valence-electron chi connectivity index (χ2n) is 7.57. The summed E-state index contributed by atoms with van der Waals surface area (Å²) in [6, 6.07) is 5.43. The van der Waals surface area contributed by atoms with Crippen molar-refractivity contribution in [2.45, 2.75) is 24.0 Å². The van der Waals surface area contributed by atoms with Crippen LogP contribution in [0.3, 0.4) is 0 Å². The molecule has 4 N–H and O–H groups in total. The summed E-state index contributed by atoms with van der Waals surface area (Å²) in [7, 11) is -2.59. The lowest BCUT2D eigenvalue weighted by atomic mass is 10.2. The van der Waals surface area contributed by atoms with E-state index in [1.807, 2.05) is 0 Å². The number of hydrogen-bond donors (Lipinski definition) is 3. The number of nitro groups is 1. The van der Waals surface area contributed by atoms with Crippen LogP contribution in [0.15, 0.2) is 41.4 Å². The molecule has 0 saturated heterocycles. The quantitative estimate of drug-likeness (QED) is 0.252. The minimum absolute atomic E-state index is 0.0243. The molecule has 0 aliphatic heterocycles. The Morgan fingerprint density at radius 3 is 2.51 bits per heavy atom. The van der Waals surface area contributed by atoms with Crippen molar-refractivity contribution in [2.75, 3.05) is 17.7 Å². The van der Waals surface area contributed by atoms with E-state index in [2.05, 4.69) is 20.6 Å². The van der Waals surface area contributed by atoms with Gasteiger partial charge in [0.1, 0.15) is 16.5 Å². The Hall–Kier alpha value is -4.24. The highest BCUT2D eigenvalue weighted by molar-refractivity contribution is 7.92. The third-order valence-corrected chi connectivity index (χ3v) is 7.29. The summed E-state index contributed by atoms with van der Waals surface area (Å²) < 4.78 is 49.7. The van der Waals surface area contributed by atoms with E-state index in [0.717, 1.165) is 12.1 Å². The van der Waals surface area contributed by atoms with Gasteiger partial charge in [-0.3, -0.25) is 10.1 Å². The van der Waals surface area contributed by atoms with Crippen LogP contribution in [0.25, 0.3) is 0 Å². The van der Waals surface area contributed by atoms with Gasteiger partial charge in [-0.2, -0.15) is 9.37 Å². The molecule has 0 atom stereocenters. The van der Waals surface area contributed by atoms with Gasteiger partial charge in [0, 0.05) is 18.2 Å². The summed E-state index contributed by atoms with van der Waals surface area (Å²) in [5, 5.41) is 15.8. The van der Waals surface area contributed by atoms with Crippen molar-refractivity contribution in [1.29, 1.82) is 0 Å². The van der Waals surface area contributed by atoms with E-state index < -0.39 is 37.6 Å². The monoisotopic (exact) mass is 554 g/mol. The first-order chi connectivity index (χ1) is 17.3. The molecule has 0 saturated carbocycles. The van der Waals surface area contributed by atoms with Gasteiger partial charge in [0.05, 0.1) is 39.8 Å². The van der Waals surface area contributed by atoms with E-state index in [9.17, 15) is 27.7 Å². The van der Waals surface area contributed by atoms with Gasteiger partial charge in [-0.25, -0.2) is 18.2 Å². The topological polar surface area (TPSA) is 189 Å². The molecule has 1 amide bonds. The first-order valence-corrected chi connectivity index (χ1v) is 12.2. The van der Waals surface area contributed by atoms with Crippen LogP contribution in [0.2, 0.25) is 5.02 Å². The van der Waals surface area contributed by atoms with Crippen LogP contribution < -0.4 is 25.8 Å². The Bertz CT molecular complexity index is 1490. The number of nitrogens with one attached hydrogen (secondary N) is 2. The summed E-state index contributed by atoms with van der Waals surface area (Å²) in [4.78, 5) is 29.4. The third kappa shape index (κ3) is 6.13. The van der Waals surface area contributed by atoms with Crippen molar-refractivity contribution in [3.05, 3.63) is 57.5 Å². The lowest BCUT2D eigenvalue weighted by molar-refractivity contribution is -0.387. The zero-order valence-corrected chi connectivity index (χ0v) is 21.1. The predicted molar refractivity (Wildman–Crippen MR) is 132 cm³/mol. The molecule has 16 heteroatoms. The molecule has 0 spiro atoms. The van der Waals surface area contributed by atoms with Crippen molar-refractivity contribution in [3.8, 4) is 11.5 Å². The molecule has 1 heterocycles. The van der Waals surface area contributed by atoms with Gasteiger partial charge in [0.15, 0.2) is 15.7 Å². The van der Waals surface area contributed by atoms with Gasteiger partial charge < -0.3 is 25.8 Å². The van der Waals surface area contributed by atoms with E-state index >= 15 is 0 Å². The molecule has 3 rings (SSSR count). The number of anilines is 4. The van der Waals surface area contributed by atoms with Gasteiger partial charge in [-0.05, 0) is 26.0 Å². The number of halogens is 2. The molecule has 0 unspecified atom stereocenters. The molecule has 0 radical (unpaired) electrons. The average molecular weight is 555 g/mol. The zero-order chi connectivity index (χ0) is 27.5. The highest BCUT2D eigenvalue weighted by Gasteiger charge is 2.25. The number of nitro benzene ring substituents is 1. The number of carbonyl (C=O) groups is 1. The van der Waals surface area contributed by atoms with Gasteiger partial charge in [0.2, 0.25) is 11.8 Å². The highest BCUT2D eigenvalue weighted by Crippen LogP contribution is 2.36. The Labute approximate surface area is 214 Å². The number of ether oxygens (including phenoxy) is 2. The van der Waals surface area contributed by atoms with Crippen molar-refractivity contribution in [1.82, 2.24) is 9.97 Å². The van der Waals surface area contributed by atoms with Crippen LogP contribution in [-0.2, 0) is 9.84 Å². The molecule has 3 aromatic rings. The number of rotatable bonds is 9. The van der Waals surface area contributed by atoms with Gasteiger partial charge >= 0.3 is 11.8 Å². The molecule has 196 valence electrons. The number of aromatic nitrogens is 2. The smallest absolute Gasteiger partial charge is 0.409 e. The van der Waals surface area contributed by atoms with Crippen LogP contribution in [0.5, 0.6) is 11.5 Å². The fourth-order valence-electron chi connectivity index (χ4n) is 3.00. The number of amides is 1. The molecule has 0 aliphatic carbocycles. The van der Waals surface area contributed by atoms with E-state index in [0.29, 0.717) is 0 Å². The van der Waals surface area contributed by atoms with Crippen LogP contribution >= 0.6 is 11.6 Å². The Balaban J connectivity index is 2.06. The normalized spacial score (nSPS) is 11.2. The Morgan fingerprint density at radius 1 is 1.22 bits per heavy atom. The number of nitrogens with zero attached hydrogens (tertiary/aromatic N) is 3. The first kappa shape index (κ1) is 27.3. The fourth-order valence-corrected chi connectivity index (χ4v) is 4.32. The van der Waals surface area contributed by atoms with E-state index in [4.69, 9.17) is 26.8 Å². The molecular formula is C21H20ClFN6O7S. The van der Waals surface area contributed by atoms with Crippen molar-refractivity contribution < 1.29 is 32.0 Å². The maximum Gasteiger partial charge on any atom is 0.409 e. The SMILES string of the molecule is COc1cc(F)c([N+](=O)[O-])cc1Nc1ncc(Cl)c(Nc2cc(OC(N)=O)ccc2S(=O)(=O)C(C)C)n1. The molecule has 0 fully saturated rings. The number of carbonyl (C=O) groups excluding carboxylic acids is 1. The Morgan fingerprint density at radius 2 is 1.92 bits per heavy atom. The number of benzene rings is 2. The summed E-state index contributed by atoms with van der Waals surface area (Å²) >= 11 is 6.21. The molecule has 37 heavy (non-hydrogen) atoms. The van der Waals surface area contributed by atoms with E-state index in [1.165, 1.54) is 45.4 Å². The molecule has 2 aromatic carbocycles. The van der Waals surface area contributed by atoms with E-state index in [-0.39, 0.29) is 44.6 Å². The minimum atomic E-state index is -3.82. The largest absolute Gasteiger partial charge is 0.494 e. The standard InChI is InChI=1S/C21H20ClFN6O7S/c1-10(2)37(33,34)18-5-4-11(36-20(24)30)6-15(18)26-19-12(22)9-25-21(28-19)27-14-8-16(29(31)32)13(23)7-17(14)35-3/h4-10H,1-3H3,(H2,24,30)(H2,25,26,27,28). The molecule has 1 aromatic heterocycles. The summed E-state index contributed by atoms with van der Waals surface area (Å²) in [6.07, 6.45) is 0.0589. The predicted octanol–water partition coefficient (Wildman–Crippen LogP) is 4.31. The number of nitrogens with two attached hydrogens (primary N) is 1. The molecule has 0 bridgehead atoms. The molecule has 0 aliphatic rings.